The maximum absolute atomic E-state index is 11.0. The van der Waals surface area contributed by atoms with Crippen LogP contribution in [-0.2, 0) is 17.8 Å². The minimum absolute atomic E-state index is 0.164. The number of hydrogen-bond donors (Lipinski definition) is 5. The van der Waals surface area contributed by atoms with Gasteiger partial charge in [-0.15, -0.1) is 0 Å². The van der Waals surface area contributed by atoms with Gasteiger partial charge in [0.15, 0.2) is 0 Å². The molecule has 0 unspecified atom stereocenters. The van der Waals surface area contributed by atoms with Gasteiger partial charge in [-0.05, 0) is 47.7 Å². The molecular weight excluding hydrogens is 366 g/mol. The van der Waals surface area contributed by atoms with Crippen LogP contribution in [-0.4, -0.2) is 34.4 Å². The molecule has 6 heteroatoms. The van der Waals surface area contributed by atoms with Crippen molar-refractivity contribution in [3.63, 3.8) is 0 Å². The zero-order valence-electron chi connectivity index (χ0n) is 15.9. The number of aromatic nitrogens is 1. The molecule has 0 aliphatic carbocycles. The van der Waals surface area contributed by atoms with Crippen molar-refractivity contribution in [3.8, 4) is 11.8 Å². The summed E-state index contributed by atoms with van der Waals surface area (Å²) in [5, 5.41) is 22.1. The number of H-pyrrole nitrogens is 1. The Hall–Kier alpha value is -3.37. The van der Waals surface area contributed by atoms with Gasteiger partial charge < -0.3 is 15.4 Å². The van der Waals surface area contributed by atoms with Crippen LogP contribution in [0.15, 0.2) is 54.6 Å². The standard InChI is InChI=1S/C23H23N3O3/c27-15-3-6-22-20(19-4-1-2-5-21(19)25-22)13-14-24-16-18-9-7-17(8-10-18)11-12-23(28)26-29/h1-2,4-5,7-12,24-25,27,29H,13-16H2,(H,26,28)/b12-11+. The maximum Gasteiger partial charge on any atom is 0.267 e. The number of fused-ring (bicyclic) bond motifs is 1. The van der Waals surface area contributed by atoms with Crippen molar-refractivity contribution in [3.05, 3.63) is 77.0 Å². The van der Waals surface area contributed by atoms with Gasteiger partial charge in [-0.2, -0.15) is 0 Å². The lowest BCUT2D eigenvalue weighted by Crippen LogP contribution is -2.17. The van der Waals surface area contributed by atoms with Crippen LogP contribution in [0, 0.1) is 11.8 Å². The lowest BCUT2D eigenvalue weighted by molar-refractivity contribution is -0.124. The summed E-state index contributed by atoms with van der Waals surface area (Å²) in [4.78, 5) is 14.3. The topological polar surface area (TPSA) is 97.4 Å². The number of rotatable bonds is 7. The third-order valence-electron chi connectivity index (χ3n) is 4.50. The minimum atomic E-state index is -0.559. The maximum atomic E-state index is 11.0. The molecule has 0 spiro atoms. The van der Waals surface area contributed by atoms with E-state index in [1.807, 2.05) is 42.5 Å². The molecule has 0 atom stereocenters. The number of aromatic amines is 1. The molecule has 0 aliphatic heterocycles. The summed E-state index contributed by atoms with van der Waals surface area (Å²) in [6, 6.07) is 15.9. The Labute approximate surface area is 169 Å². The van der Waals surface area contributed by atoms with Crippen LogP contribution in [0.1, 0.15) is 22.4 Å². The highest BCUT2D eigenvalue weighted by Gasteiger charge is 2.09. The van der Waals surface area contributed by atoms with Gasteiger partial charge in [-0.3, -0.25) is 10.0 Å². The SMILES string of the molecule is O=C(/C=C/c1ccc(CNCCc2c(C#CCO)[nH]c3ccccc23)cc1)NO. The number of aliphatic hydroxyl groups excluding tert-OH is 1. The minimum Gasteiger partial charge on any atom is -0.384 e. The van der Waals surface area contributed by atoms with Crippen LogP contribution < -0.4 is 10.8 Å². The molecule has 0 saturated carbocycles. The normalized spacial score (nSPS) is 10.8. The summed E-state index contributed by atoms with van der Waals surface area (Å²) in [5.74, 6) is 5.17. The summed E-state index contributed by atoms with van der Waals surface area (Å²) in [5.41, 5.74) is 6.62. The molecule has 2 aromatic carbocycles. The van der Waals surface area contributed by atoms with E-state index < -0.39 is 5.91 Å². The highest BCUT2D eigenvalue weighted by atomic mass is 16.5. The van der Waals surface area contributed by atoms with E-state index in [4.69, 9.17) is 10.3 Å². The highest BCUT2D eigenvalue weighted by molar-refractivity contribution is 5.90. The smallest absolute Gasteiger partial charge is 0.267 e. The number of amides is 1. The number of carbonyl (C=O) groups is 1. The first-order chi connectivity index (χ1) is 14.2. The molecule has 6 nitrogen and oxygen atoms in total. The molecule has 3 rings (SSSR count). The Bertz CT molecular complexity index is 1060. The van der Waals surface area contributed by atoms with E-state index in [2.05, 4.69) is 28.2 Å². The molecule has 148 valence electrons. The Kier molecular flexibility index (Phi) is 7.20. The number of carbonyl (C=O) groups excluding carboxylic acids is 1. The van der Waals surface area contributed by atoms with Gasteiger partial charge in [0, 0.05) is 23.5 Å². The van der Waals surface area contributed by atoms with Crippen LogP contribution in [0.5, 0.6) is 0 Å². The molecule has 1 amide bonds. The Morgan fingerprint density at radius 3 is 2.69 bits per heavy atom. The number of nitrogens with one attached hydrogen (secondary N) is 3. The molecule has 29 heavy (non-hydrogen) atoms. The molecule has 1 aromatic heterocycles. The third-order valence-corrected chi connectivity index (χ3v) is 4.50. The van der Waals surface area contributed by atoms with Crippen LogP contribution in [0.3, 0.4) is 0 Å². The average Bonchev–Trinajstić information content (AvgIpc) is 3.11. The number of para-hydroxylation sites is 1. The van der Waals surface area contributed by atoms with Crippen LogP contribution in [0.2, 0.25) is 0 Å². The quantitative estimate of drug-likeness (QED) is 0.141. The summed E-state index contributed by atoms with van der Waals surface area (Å²) >= 11 is 0. The van der Waals surface area contributed by atoms with Gasteiger partial charge in [0.25, 0.3) is 5.91 Å². The summed E-state index contributed by atoms with van der Waals surface area (Å²) in [6.07, 6.45) is 3.72. The van der Waals surface area contributed by atoms with Crippen molar-refractivity contribution in [1.29, 1.82) is 0 Å². The highest BCUT2D eigenvalue weighted by Crippen LogP contribution is 2.22. The fourth-order valence-electron chi connectivity index (χ4n) is 3.10. The van der Waals surface area contributed by atoms with Crippen molar-refractivity contribution >= 4 is 22.9 Å². The predicted molar refractivity (Wildman–Crippen MR) is 113 cm³/mol. The largest absolute Gasteiger partial charge is 0.384 e. The van der Waals surface area contributed by atoms with Crippen LogP contribution >= 0.6 is 0 Å². The van der Waals surface area contributed by atoms with Gasteiger partial charge in [0.05, 0.1) is 5.69 Å². The molecule has 5 N–H and O–H groups in total. The first-order valence-electron chi connectivity index (χ1n) is 9.32. The van der Waals surface area contributed by atoms with Crippen molar-refractivity contribution in [2.45, 2.75) is 13.0 Å². The predicted octanol–water partition coefficient (Wildman–Crippen LogP) is 2.36. The molecule has 0 aliphatic rings. The zero-order valence-corrected chi connectivity index (χ0v) is 15.9. The first-order valence-corrected chi connectivity index (χ1v) is 9.32. The second-order valence-electron chi connectivity index (χ2n) is 6.46. The van der Waals surface area contributed by atoms with E-state index in [0.29, 0.717) is 0 Å². The number of hydrogen-bond acceptors (Lipinski definition) is 4. The molecule has 0 saturated heterocycles. The molecule has 0 radical (unpaired) electrons. The fraction of sp³-hybridized carbons (Fsp3) is 0.174. The van der Waals surface area contributed by atoms with Crippen LogP contribution in [0.25, 0.3) is 17.0 Å². The second kappa shape index (κ2) is 10.2. The van der Waals surface area contributed by atoms with Crippen LogP contribution in [0.4, 0.5) is 0 Å². The van der Waals surface area contributed by atoms with Crippen molar-refractivity contribution < 1.29 is 15.1 Å². The Morgan fingerprint density at radius 2 is 1.93 bits per heavy atom. The number of benzene rings is 2. The van der Waals surface area contributed by atoms with Gasteiger partial charge in [-0.1, -0.05) is 48.4 Å². The molecular formula is C23H23N3O3. The van der Waals surface area contributed by atoms with Crippen molar-refractivity contribution in [2.24, 2.45) is 0 Å². The van der Waals surface area contributed by atoms with E-state index in [0.717, 1.165) is 52.8 Å². The third kappa shape index (κ3) is 5.56. The van der Waals surface area contributed by atoms with E-state index in [9.17, 15) is 4.79 Å². The van der Waals surface area contributed by atoms with Gasteiger partial charge in [0.1, 0.15) is 6.61 Å². The summed E-state index contributed by atoms with van der Waals surface area (Å²) in [6.45, 7) is 1.35. The average molecular weight is 389 g/mol. The van der Waals surface area contributed by atoms with Crippen molar-refractivity contribution in [1.82, 2.24) is 15.8 Å². The molecule has 0 fully saturated rings. The summed E-state index contributed by atoms with van der Waals surface area (Å²) < 4.78 is 0. The number of hydroxylamine groups is 1. The molecule has 3 aromatic rings. The van der Waals surface area contributed by atoms with E-state index in [1.165, 1.54) is 6.08 Å². The lowest BCUT2D eigenvalue weighted by Gasteiger charge is -2.06. The second-order valence-corrected chi connectivity index (χ2v) is 6.46. The Balaban J connectivity index is 1.58. The number of aliphatic hydroxyl groups is 1. The molecule has 1 heterocycles. The van der Waals surface area contributed by atoms with Gasteiger partial charge in [0.2, 0.25) is 0 Å². The monoisotopic (exact) mass is 389 g/mol. The Morgan fingerprint density at radius 1 is 1.14 bits per heavy atom. The first kappa shape index (κ1) is 20.4. The van der Waals surface area contributed by atoms with E-state index in [-0.39, 0.29) is 6.61 Å². The molecule has 0 bridgehead atoms. The van der Waals surface area contributed by atoms with Gasteiger partial charge in [-0.25, -0.2) is 5.48 Å². The van der Waals surface area contributed by atoms with E-state index >= 15 is 0 Å². The summed E-state index contributed by atoms with van der Waals surface area (Å²) in [7, 11) is 0. The van der Waals surface area contributed by atoms with Gasteiger partial charge >= 0.3 is 0 Å². The fourth-order valence-corrected chi connectivity index (χ4v) is 3.10. The zero-order chi connectivity index (χ0) is 20.5. The lowest BCUT2D eigenvalue weighted by atomic mass is 10.1. The van der Waals surface area contributed by atoms with Crippen molar-refractivity contribution in [2.75, 3.05) is 13.2 Å². The van der Waals surface area contributed by atoms with E-state index in [1.54, 1.807) is 11.6 Å².